The van der Waals surface area contributed by atoms with Gasteiger partial charge in [0, 0.05) is 28.7 Å². The summed E-state index contributed by atoms with van der Waals surface area (Å²) in [5.41, 5.74) is 0.830. The van der Waals surface area contributed by atoms with E-state index in [0.29, 0.717) is 16.6 Å². The Morgan fingerprint density at radius 3 is 3.00 bits per heavy atom. The lowest BCUT2D eigenvalue weighted by molar-refractivity contribution is -0.385. The van der Waals surface area contributed by atoms with E-state index >= 15 is 0 Å². The fourth-order valence-corrected chi connectivity index (χ4v) is 2.72. The number of nitrogens with zero attached hydrogens (tertiary/aromatic N) is 2. The molecule has 1 atom stereocenters. The van der Waals surface area contributed by atoms with Crippen LogP contribution in [0, 0.1) is 10.1 Å². The molecule has 18 heavy (non-hydrogen) atoms. The molecule has 1 aliphatic rings. The van der Waals surface area contributed by atoms with Crippen LogP contribution in [-0.2, 0) is 6.54 Å². The maximum absolute atomic E-state index is 11.0. The van der Waals surface area contributed by atoms with Gasteiger partial charge in [-0.15, -0.1) is 0 Å². The summed E-state index contributed by atoms with van der Waals surface area (Å²) < 4.78 is 0.707. The first-order valence-corrected chi connectivity index (χ1v) is 6.69. The van der Waals surface area contributed by atoms with Crippen LogP contribution in [0.5, 0.6) is 0 Å². The van der Waals surface area contributed by atoms with Gasteiger partial charge in [0.2, 0.25) is 0 Å². The maximum atomic E-state index is 11.0. The second-order valence-corrected chi connectivity index (χ2v) is 5.39. The topological polar surface area (TPSA) is 66.6 Å². The van der Waals surface area contributed by atoms with Gasteiger partial charge in [-0.3, -0.25) is 15.0 Å². The van der Waals surface area contributed by atoms with E-state index in [9.17, 15) is 15.2 Å². The van der Waals surface area contributed by atoms with Crippen molar-refractivity contribution < 1.29 is 10.0 Å². The molecule has 1 aliphatic heterocycles. The molecule has 0 radical (unpaired) electrons. The molecule has 0 aromatic heterocycles. The molecule has 6 heteroatoms. The molecule has 1 N–H and O–H groups in total. The van der Waals surface area contributed by atoms with Gasteiger partial charge in [-0.25, -0.2) is 0 Å². The predicted molar refractivity (Wildman–Crippen MR) is 71.3 cm³/mol. The Morgan fingerprint density at radius 2 is 2.33 bits per heavy atom. The zero-order chi connectivity index (χ0) is 13.1. The third kappa shape index (κ3) is 2.88. The normalized spacial score (nSPS) is 20.2. The molecule has 0 aliphatic carbocycles. The van der Waals surface area contributed by atoms with Crippen LogP contribution in [0.4, 0.5) is 5.69 Å². The van der Waals surface area contributed by atoms with E-state index in [1.165, 1.54) is 6.07 Å². The van der Waals surface area contributed by atoms with Crippen LogP contribution in [0.1, 0.15) is 18.4 Å². The summed E-state index contributed by atoms with van der Waals surface area (Å²) >= 11 is 3.24. The van der Waals surface area contributed by atoms with Gasteiger partial charge in [0.15, 0.2) is 0 Å². The van der Waals surface area contributed by atoms with Crippen molar-refractivity contribution in [3.05, 3.63) is 38.3 Å². The number of benzene rings is 1. The third-order valence-corrected chi connectivity index (χ3v) is 3.82. The van der Waals surface area contributed by atoms with Crippen molar-refractivity contribution in [3.63, 3.8) is 0 Å². The number of nitro benzene ring substituents is 1. The van der Waals surface area contributed by atoms with E-state index in [-0.39, 0.29) is 23.3 Å². The van der Waals surface area contributed by atoms with Gasteiger partial charge in [0.1, 0.15) is 0 Å². The molecule has 1 aromatic rings. The van der Waals surface area contributed by atoms with Crippen LogP contribution in [-0.4, -0.2) is 34.1 Å². The Morgan fingerprint density at radius 1 is 1.56 bits per heavy atom. The Balaban J connectivity index is 2.20. The lowest BCUT2D eigenvalue weighted by Gasteiger charge is -2.22. The van der Waals surface area contributed by atoms with Gasteiger partial charge < -0.3 is 5.11 Å². The molecule has 0 saturated carbocycles. The standard InChI is InChI=1S/C12H15BrN2O3/c13-10-4-3-9(12(6-10)15(17)18)7-14-5-1-2-11(14)8-16/h3-4,6,11,16H,1-2,5,7-8H2. The first-order valence-electron chi connectivity index (χ1n) is 5.89. The number of hydrogen-bond donors (Lipinski definition) is 1. The first-order chi connectivity index (χ1) is 8.61. The summed E-state index contributed by atoms with van der Waals surface area (Å²) in [6.07, 6.45) is 2.00. The lowest BCUT2D eigenvalue weighted by atomic mass is 10.1. The zero-order valence-corrected chi connectivity index (χ0v) is 11.5. The predicted octanol–water partition coefficient (Wildman–Crippen LogP) is 2.31. The van der Waals surface area contributed by atoms with Crippen LogP contribution < -0.4 is 0 Å². The van der Waals surface area contributed by atoms with Crippen molar-refractivity contribution in [1.29, 1.82) is 0 Å². The second-order valence-electron chi connectivity index (χ2n) is 4.48. The minimum Gasteiger partial charge on any atom is -0.395 e. The van der Waals surface area contributed by atoms with E-state index in [4.69, 9.17) is 0 Å². The van der Waals surface area contributed by atoms with E-state index < -0.39 is 0 Å². The summed E-state index contributed by atoms with van der Waals surface area (Å²) in [7, 11) is 0. The molecule has 2 rings (SSSR count). The van der Waals surface area contributed by atoms with E-state index in [1.807, 2.05) is 6.07 Å². The Labute approximate surface area is 114 Å². The van der Waals surface area contributed by atoms with Gasteiger partial charge in [0.25, 0.3) is 5.69 Å². The monoisotopic (exact) mass is 314 g/mol. The molecular weight excluding hydrogens is 300 g/mol. The van der Waals surface area contributed by atoms with Crippen molar-refractivity contribution >= 4 is 21.6 Å². The summed E-state index contributed by atoms with van der Waals surface area (Å²) in [5.74, 6) is 0. The molecular formula is C12H15BrN2O3. The second kappa shape index (κ2) is 5.77. The van der Waals surface area contributed by atoms with Gasteiger partial charge in [-0.2, -0.15) is 0 Å². The highest BCUT2D eigenvalue weighted by molar-refractivity contribution is 9.10. The van der Waals surface area contributed by atoms with Gasteiger partial charge in [-0.1, -0.05) is 15.9 Å². The highest BCUT2D eigenvalue weighted by Gasteiger charge is 2.26. The van der Waals surface area contributed by atoms with Crippen LogP contribution in [0.2, 0.25) is 0 Å². The van der Waals surface area contributed by atoms with Crippen LogP contribution in [0.3, 0.4) is 0 Å². The summed E-state index contributed by atoms with van der Waals surface area (Å²) in [4.78, 5) is 12.8. The van der Waals surface area contributed by atoms with E-state index in [2.05, 4.69) is 20.8 Å². The Bertz CT molecular complexity index is 453. The minimum absolute atomic E-state index is 0.115. The smallest absolute Gasteiger partial charge is 0.275 e. The lowest BCUT2D eigenvalue weighted by Crippen LogP contribution is -2.31. The molecule has 1 aromatic carbocycles. The number of aliphatic hydroxyl groups excluding tert-OH is 1. The summed E-state index contributed by atoms with van der Waals surface area (Å²) in [6.45, 7) is 1.53. The number of likely N-dealkylation sites (tertiary alicyclic amines) is 1. The minimum atomic E-state index is -0.357. The fraction of sp³-hybridized carbons (Fsp3) is 0.500. The average molecular weight is 315 g/mol. The molecule has 0 bridgehead atoms. The van der Waals surface area contributed by atoms with Crippen molar-refractivity contribution in [2.75, 3.05) is 13.2 Å². The molecule has 1 unspecified atom stereocenters. The van der Waals surface area contributed by atoms with Gasteiger partial charge in [0.05, 0.1) is 11.5 Å². The zero-order valence-electron chi connectivity index (χ0n) is 9.88. The van der Waals surface area contributed by atoms with Crippen molar-refractivity contribution in [2.24, 2.45) is 0 Å². The van der Waals surface area contributed by atoms with Crippen LogP contribution in [0.15, 0.2) is 22.7 Å². The quantitative estimate of drug-likeness (QED) is 0.684. The third-order valence-electron chi connectivity index (χ3n) is 3.33. The molecule has 1 heterocycles. The number of rotatable bonds is 4. The van der Waals surface area contributed by atoms with Crippen LogP contribution >= 0.6 is 15.9 Å². The summed E-state index contributed by atoms with van der Waals surface area (Å²) in [5, 5.41) is 20.3. The molecule has 5 nitrogen and oxygen atoms in total. The first kappa shape index (κ1) is 13.5. The van der Waals surface area contributed by atoms with E-state index in [1.54, 1.807) is 6.07 Å². The van der Waals surface area contributed by atoms with Crippen LogP contribution in [0.25, 0.3) is 0 Å². The number of hydrogen-bond acceptors (Lipinski definition) is 4. The number of aliphatic hydroxyl groups is 1. The van der Waals surface area contributed by atoms with Crippen molar-refractivity contribution in [1.82, 2.24) is 4.90 Å². The van der Waals surface area contributed by atoms with Crippen molar-refractivity contribution in [2.45, 2.75) is 25.4 Å². The van der Waals surface area contributed by atoms with Gasteiger partial charge >= 0.3 is 0 Å². The number of halogens is 1. The largest absolute Gasteiger partial charge is 0.395 e. The molecule has 1 fully saturated rings. The Hall–Kier alpha value is -0.980. The van der Waals surface area contributed by atoms with Gasteiger partial charge in [-0.05, 0) is 31.5 Å². The molecule has 0 amide bonds. The highest BCUT2D eigenvalue weighted by Crippen LogP contribution is 2.27. The molecule has 0 spiro atoms. The highest BCUT2D eigenvalue weighted by atomic mass is 79.9. The fourth-order valence-electron chi connectivity index (χ4n) is 2.37. The SMILES string of the molecule is O=[N+]([O-])c1cc(Br)ccc1CN1CCCC1CO. The number of nitro groups is 1. The average Bonchev–Trinajstić information content (AvgIpc) is 2.78. The molecule has 98 valence electrons. The molecule has 1 saturated heterocycles. The summed E-state index contributed by atoms with van der Waals surface area (Å²) in [6, 6.07) is 5.24. The maximum Gasteiger partial charge on any atom is 0.275 e. The Kier molecular flexibility index (Phi) is 4.31. The van der Waals surface area contributed by atoms with Crippen molar-refractivity contribution in [3.8, 4) is 0 Å². The van der Waals surface area contributed by atoms with E-state index in [0.717, 1.165) is 19.4 Å².